The molecule has 132 valence electrons. The van der Waals surface area contributed by atoms with Crippen LogP contribution in [-0.4, -0.2) is 36.1 Å². The second-order valence-corrected chi connectivity index (χ2v) is 6.66. The van der Waals surface area contributed by atoms with Gasteiger partial charge in [-0.3, -0.25) is 4.79 Å². The number of methoxy groups -OCH3 is 1. The van der Waals surface area contributed by atoms with Crippen molar-refractivity contribution in [3.63, 3.8) is 0 Å². The normalized spacial score (nSPS) is 17.2. The van der Waals surface area contributed by atoms with Gasteiger partial charge in [0.05, 0.1) is 24.5 Å². The molecule has 1 fully saturated rings. The summed E-state index contributed by atoms with van der Waals surface area (Å²) < 4.78 is 5.10. The highest BCUT2D eigenvalue weighted by Gasteiger charge is 2.18. The third kappa shape index (κ3) is 4.20. The van der Waals surface area contributed by atoms with Crippen LogP contribution < -0.4 is 15.0 Å². The first-order chi connectivity index (χ1) is 12.1. The van der Waals surface area contributed by atoms with Crippen molar-refractivity contribution in [3.05, 3.63) is 41.3 Å². The molecule has 1 saturated heterocycles. The van der Waals surface area contributed by atoms with E-state index in [-0.39, 0.29) is 11.6 Å². The molecule has 1 aromatic heterocycles. The molecule has 2 heterocycles. The predicted molar refractivity (Wildman–Crippen MR) is 98.6 cm³/mol. The van der Waals surface area contributed by atoms with Crippen molar-refractivity contribution in [1.82, 2.24) is 9.97 Å². The molecule has 2 aromatic rings. The van der Waals surface area contributed by atoms with Crippen molar-refractivity contribution in [2.24, 2.45) is 5.92 Å². The quantitative estimate of drug-likeness (QED) is 0.901. The van der Waals surface area contributed by atoms with Gasteiger partial charge in [-0.2, -0.15) is 0 Å². The summed E-state index contributed by atoms with van der Waals surface area (Å²) in [5.41, 5.74) is 0.840. The number of aromatic nitrogens is 2. The lowest BCUT2D eigenvalue weighted by atomic mass is 10.0. The number of carbonyl (C=O) groups is 1. The number of hydrogen-bond acceptors (Lipinski definition) is 5. The van der Waals surface area contributed by atoms with Crippen LogP contribution in [0.25, 0.3) is 0 Å². The Morgan fingerprint density at radius 3 is 2.84 bits per heavy atom. The van der Waals surface area contributed by atoms with E-state index in [1.54, 1.807) is 31.5 Å². The fourth-order valence-electron chi connectivity index (χ4n) is 2.94. The number of benzene rings is 1. The largest absolute Gasteiger partial charge is 0.495 e. The molecule has 1 N–H and O–H groups in total. The SMILES string of the molecule is COc1ccc(NC(=O)c2cnc(N3CCCC(C)C3)cn2)cc1Cl. The molecular weight excluding hydrogens is 340 g/mol. The van der Waals surface area contributed by atoms with Crippen LogP contribution in [0.4, 0.5) is 11.5 Å². The van der Waals surface area contributed by atoms with E-state index >= 15 is 0 Å². The maximum absolute atomic E-state index is 12.3. The maximum atomic E-state index is 12.3. The molecule has 0 bridgehead atoms. The van der Waals surface area contributed by atoms with Gasteiger partial charge in [0.1, 0.15) is 17.3 Å². The third-order valence-corrected chi connectivity index (χ3v) is 4.56. The summed E-state index contributed by atoms with van der Waals surface area (Å²) >= 11 is 6.07. The summed E-state index contributed by atoms with van der Waals surface area (Å²) in [6.45, 7) is 4.20. The van der Waals surface area contributed by atoms with E-state index in [0.717, 1.165) is 25.3 Å². The molecule has 1 unspecified atom stereocenters. The van der Waals surface area contributed by atoms with Crippen molar-refractivity contribution in [2.75, 3.05) is 30.4 Å². The number of anilines is 2. The lowest BCUT2D eigenvalue weighted by molar-refractivity contribution is 0.102. The van der Waals surface area contributed by atoms with Gasteiger partial charge < -0.3 is 15.0 Å². The molecule has 6 nitrogen and oxygen atoms in total. The molecular formula is C18H21ClN4O2. The Balaban J connectivity index is 1.67. The Morgan fingerprint density at radius 2 is 2.20 bits per heavy atom. The molecule has 3 rings (SSSR count). The zero-order valence-corrected chi connectivity index (χ0v) is 15.1. The number of carbonyl (C=O) groups excluding carboxylic acids is 1. The standard InChI is InChI=1S/C18H21ClN4O2/c1-12-4-3-7-23(11-12)17-10-20-15(9-21-17)18(24)22-13-5-6-16(25-2)14(19)8-13/h5-6,8-10,12H,3-4,7,11H2,1-2H3,(H,22,24). The number of hydrogen-bond donors (Lipinski definition) is 1. The maximum Gasteiger partial charge on any atom is 0.275 e. The second kappa shape index (κ2) is 7.70. The highest BCUT2D eigenvalue weighted by atomic mass is 35.5. The first-order valence-corrected chi connectivity index (χ1v) is 8.66. The van der Waals surface area contributed by atoms with Gasteiger partial charge in [0.15, 0.2) is 0 Å². The van der Waals surface area contributed by atoms with Crippen LogP contribution in [0, 0.1) is 5.92 Å². The molecule has 1 atom stereocenters. The summed E-state index contributed by atoms with van der Waals surface area (Å²) in [7, 11) is 1.54. The summed E-state index contributed by atoms with van der Waals surface area (Å²) in [6.07, 6.45) is 5.57. The van der Waals surface area contributed by atoms with Crippen LogP contribution in [0.3, 0.4) is 0 Å². The summed E-state index contributed by atoms with van der Waals surface area (Å²) in [4.78, 5) is 23.2. The molecule has 1 aromatic carbocycles. The highest BCUT2D eigenvalue weighted by Crippen LogP contribution is 2.27. The average Bonchev–Trinajstić information content (AvgIpc) is 2.62. The summed E-state index contributed by atoms with van der Waals surface area (Å²) in [6, 6.07) is 5.05. The average molecular weight is 361 g/mol. The van der Waals surface area contributed by atoms with E-state index in [1.165, 1.54) is 12.6 Å². The number of nitrogens with zero attached hydrogens (tertiary/aromatic N) is 3. The Bertz CT molecular complexity index is 751. The van der Waals surface area contributed by atoms with E-state index in [1.807, 2.05) is 0 Å². The predicted octanol–water partition coefficient (Wildman–Crippen LogP) is 3.63. The zero-order chi connectivity index (χ0) is 17.8. The molecule has 1 amide bonds. The molecule has 0 spiro atoms. The number of ether oxygens (including phenoxy) is 1. The van der Waals surface area contributed by atoms with Crippen molar-refractivity contribution in [3.8, 4) is 5.75 Å². The van der Waals surface area contributed by atoms with Crippen molar-refractivity contribution < 1.29 is 9.53 Å². The van der Waals surface area contributed by atoms with Crippen molar-refractivity contribution in [1.29, 1.82) is 0 Å². The van der Waals surface area contributed by atoms with Crippen molar-refractivity contribution >= 4 is 29.0 Å². The van der Waals surface area contributed by atoms with E-state index < -0.39 is 0 Å². The Kier molecular flexibility index (Phi) is 5.38. The first kappa shape index (κ1) is 17.5. The third-order valence-electron chi connectivity index (χ3n) is 4.26. The van der Waals surface area contributed by atoms with Gasteiger partial charge in [-0.1, -0.05) is 18.5 Å². The Hall–Kier alpha value is -2.34. The fraction of sp³-hybridized carbons (Fsp3) is 0.389. The van der Waals surface area contributed by atoms with Gasteiger partial charge in [0, 0.05) is 18.8 Å². The molecule has 0 saturated carbocycles. The van der Waals surface area contributed by atoms with Crippen molar-refractivity contribution in [2.45, 2.75) is 19.8 Å². The Morgan fingerprint density at radius 1 is 1.36 bits per heavy atom. The van der Waals surface area contributed by atoms with Gasteiger partial charge in [-0.15, -0.1) is 0 Å². The van der Waals surface area contributed by atoms with E-state index in [9.17, 15) is 4.79 Å². The topological polar surface area (TPSA) is 67.3 Å². The number of halogens is 1. The lowest BCUT2D eigenvalue weighted by Gasteiger charge is -2.31. The van der Waals surface area contributed by atoms with Crippen LogP contribution in [0.5, 0.6) is 5.75 Å². The molecule has 7 heteroatoms. The van der Waals surface area contributed by atoms with Crippen LogP contribution >= 0.6 is 11.6 Å². The number of rotatable bonds is 4. The highest BCUT2D eigenvalue weighted by molar-refractivity contribution is 6.32. The van der Waals surface area contributed by atoms with Gasteiger partial charge in [-0.25, -0.2) is 9.97 Å². The summed E-state index contributed by atoms with van der Waals surface area (Å²) in [5, 5.41) is 3.19. The molecule has 1 aliphatic heterocycles. The number of nitrogens with one attached hydrogen (secondary N) is 1. The van der Waals surface area contributed by atoms with Gasteiger partial charge in [-0.05, 0) is 37.0 Å². The van der Waals surface area contributed by atoms with E-state index in [0.29, 0.717) is 22.4 Å². The molecule has 0 aliphatic carbocycles. The minimum absolute atomic E-state index is 0.265. The van der Waals surface area contributed by atoms with Crippen LogP contribution in [-0.2, 0) is 0 Å². The van der Waals surface area contributed by atoms with Crippen LogP contribution in [0.1, 0.15) is 30.3 Å². The number of piperidine rings is 1. The molecule has 25 heavy (non-hydrogen) atoms. The van der Waals surface area contributed by atoms with Gasteiger partial charge >= 0.3 is 0 Å². The number of amides is 1. The molecule has 1 aliphatic rings. The summed E-state index contributed by atoms with van der Waals surface area (Å²) in [5.74, 6) is 1.70. The van der Waals surface area contributed by atoms with Crippen LogP contribution in [0.15, 0.2) is 30.6 Å². The van der Waals surface area contributed by atoms with E-state index in [2.05, 4.69) is 27.1 Å². The minimum atomic E-state index is -0.327. The Labute approximate surface area is 152 Å². The smallest absolute Gasteiger partial charge is 0.275 e. The monoisotopic (exact) mass is 360 g/mol. The van der Waals surface area contributed by atoms with Crippen LogP contribution in [0.2, 0.25) is 5.02 Å². The minimum Gasteiger partial charge on any atom is -0.495 e. The molecule has 0 radical (unpaired) electrons. The van der Waals surface area contributed by atoms with E-state index in [4.69, 9.17) is 16.3 Å². The van der Waals surface area contributed by atoms with Gasteiger partial charge in [0.2, 0.25) is 0 Å². The van der Waals surface area contributed by atoms with Gasteiger partial charge in [0.25, 0.3) is 5.91 Å². The second-order valence-electron chi connectivity index (χ2n) is 6.26. The lowest BCUT2D eigenvalue weighted by Crippen LogP contribution is -2.35. The zero-order valence-electron chi connectivity index (χ0n) is 14.3. The first-order valence-electron chi connectivity index (χ1n) is 8.28. The fourth-order valence-corrected chi connectivity index (χ4v) is 3.20.